The highest BCUT2D eigenvalue weighted by atomic mass is 32.1. The van der Waals surface area contributed by atoms with E-state index in [0.29, 0.717) is 17.4 Å². The second-order valence-corrected chi connectivity index (χ2v) is 5.98. The first kappa shape index (κ1) is 14.0. The summed E-state index contributed by atoms with van der Waals surface area (Å²) in [5.41, 5.74) is 2.45. The van der Waals surface area contributed by atoms with Crippen molar-refractivity contribution < 1.29 is 9.18 Å². The zero-order valence-electron chi connectivity index (χ0n) is 11.4. The number of amides is 1. The monoisotopic (exact) mass is 305 g/mol. The fraction of sp³-hybridized carbons (Fsp3) is 0.333. The van der Waals surface area contributed by atoms with E-state index in [-0.39, 0.29) is 11.7 Å². The van der Waals surface area contributed by atoms with E-state index in [1.54, 1.807) is 17.6 Å². The highest BCUT2D eigenvalue weighted by molar-refractivity contribution is 7.14. The topological polar surface area (TPSA) is 54.0 Å². The van der Waals surface area contributed by atoms with Crippen molar-refractivity contribution in [2.24, 2.45) is 0 Å². The van der Waals surface area contributed by atoms with Crippen molar-refractivity contribution in [1.82, 2.24) is 4.98 Å². The molecule has 2 aromatic rings. The van der Waals surface area contributed by atoms with Crippen molar-refractivity contribution in [1.29, 1.82) is 0 Å². The van der Waals surface area contributed by atoms with Crippen LogP contribution in [-0.4, -0.2) is 16.9 Å². The summed E-state index contributed by atoms with van der Waals surface area (Å²) in [5.74, 6) is -0.697. The molecule has 4 nitrogen and oxygen atoms in total. The molecule has 0 unspecified atom stereocenters. The highest BCUT2D eigenvalue weighted by Crippen LogP contribution is 2.27. The number of benzene rings is 1. The molecule has 1 heterocycles. The molecule has 1 amide bonds. The number of carbonyl (C=O) groups excluding carboxylic acids is 1. The molecule has 0 saturated heterocycles. The molecule has 0 spiro atoms. The first-order valence-corrected chi connectivity index (χ1v) is 7.87. The Morgan fingerprint density at radius 1 is 1.33 bits per heavy atom. The average Bonchev–Trinajstić information content (AvgIpc) is 3.10. The van der Waals surface area contributed by atoms with Crippen LogP contribution in [0.2, 0.25) is 0 Å². The van der Waals surface area contributed by atoms with Gasteiger partial charge in [0, 0.05) is 11.7 Å². The fourth-order valence-corrected chi connectivity index (χ4v) is 3.28. The molecule has 3 rings (SSSR count). The van der Waals surface area contributed by atoms with Crippen LogP contribution < -0.4 is 10.6 Å². The van der Waals surface area contributed by atoms with Crippen LogP contribution in [0.15, 0.2) is 29.8 Å². The van der Waals surface area contributed by atoms with E-state index in [0.717, 1.165) is 17.8 Å². The van der Waals surface area contributed by atoms with Crippen LogP contribution in [0, 0.1) is 5.82 Å². The van der Waals surface area contributed by atoms with Crippen LogP contribution in [0.1, 0.15) is 36.2 Å². The lowest BCUT2D eigenvalue weighted by atomic mass is 10.2. The number of anilines is 2. The lowest BCUT2D eigenvalue weighted by Gasteiger charge is -2.12. The second-order valence-electron chi connectivity index (χ2n) is 5.12. The largest absolute Gasteiger partial charge is 0.372 e. The summed E-state index contributed by atoms with van der Waals surface area (Å²) in [6.07, 6.45) is 4.70. The van der Waals surface area contributed by atoms with E-state index < -0.39 is 0 Å². The number of nitrogens with zero attached hydrogens (tertiary/aromatic N) is 1. The molecule has 0 atom stereocenters. The summed E-state index contributed by atoms with van der Waals surface area (Å²) in [4.78, 5) is 16.4. The summed E-state index contributed by atoms with van der Waals surface area (Å²) in [7, 11) is 0. The average molecular weight is 305 g/mol. The van der Waals surface area contributed by atoms with Gasteiger partial charge in [-0.05, 0) is 31.0 Å². The van der Waals surface area contributed by atoms with Gasteiger partial charge in [0.05, 0.1) is 5.51 Å². The number of nitrogens with one attached hydrogen (secondary N) is 2. The van der Waals surface area contributed by atoms with Crippen LogP contribution in [0.25, 0.3) is 0 Å². The third kappa shape index (κ3) is 3.39. The normalized spacial score (nSPS) is 15.1. The van der Waals surface area contributed by atoms with Gasteiger partial charge in [-0.1, -0.05) is 18.9 Å². The number of hydrogen-bond acceptors (Lipinski definition) is 4. The van der Waals surface area contributed by atoms with E-state index in [4.69, 9.17) is 0 Å². The summed E-state index contributed by atoms with van der Waals surface area (Å²) in [5, 5.41) is 6.85. The second kappa shape index (κ2) is 6.22. The predicted molar refractivity (Wildman–Crippen MR) is 82.3 cm³/mol. The van der Waals surface area contributed by atoms with E-state index in [9.17, 15) is 9.18 Å². The first-order chi connectivity index (χ1) is 10.2. The third-order valence-electron chi connectivity index (χ3n) is 3.56. The third-order valence-corrected chi connectivity index (χ3v) is 4.31. The molecule has 6 heteroatoms. The number of rotatable bonds is 4. The van der Waals surface area contributed by atoms with Gasteiger partial charge in [0.2, 0.25) is 0 Å². The predicted octanol–water partition coefficient (Wildman–Crippen LogP) is 3.89. The Bertz CT molecular complexity index is 637. The van der Waals surface area contributed by atoms with Crippen LogP contribution in [0.5, 0.6) is 0 Å². The Balaban J connectivity index is 1.71. The lowest BCUT2D eigenvalue weighted by molar-refractivity contribution is 0.102. The van der Waals surface area contributed by atoms with Crippen molar-refractivity contribution in [3.63, 3.8) is 0 Å². The quantitative estimate of drug-likeness (QED) is 0.901. The Morgan fingerprint density at radius 2 is 2.14 bits per heavy atom. The van der Waals surface area contributed by atoms with Gasteiger partial charge >= 0.3 is 0 Å². The number of hydrogen-bond donors (Lipinski definition) is 2. The van der Waals surface area contributed by atoms with Crippen LogP contribution in [0.4, 0.5) is 15.1 Å². The van der Waals surface area contributed by atoms with Crippen molar-refractivity contribution in [2.75, 3.05) is 10.6 Å². The molecule has 110 valence electrons. The van der Waals surface area contributed by atoms with Crippen molar-refractivity contribution >= 4 is 27.9 Å². The molecule has 1 fully saturated rings. The van der Waals surface area contributed by atoms with Gasteiger partial charge in [-0.15, -0.1) is 11.3 Å². The van der Waals surface area contributed by atoms with Gasteiger partial charge in [0.15, 0.2) is 5.69 Å². The Morgan fingerprint density at radius 3 is 2.90 bits per heavy atom. The van der Waals surface area contributed by atoms with E-state index in [1.807, 2.05) is 0 Å². The molecule has 1 saturated carbocycles. The summed E-state index contributed by atoms with van der Waals surface area (Å²) in [6.45, 7) is 0. The zero-order chi connectivity index (χ0) is 14.7. The molecule has 0 aliphatic heterocycles. The Hall–Kier alpha value is -1.95. The maximum atomic E-state index is 13.1. The summed E-state index contributed by atoms with van der Waals surface area (Å²) >= 11 is 1.42. The first-order valence-electron chi connectivity index (χ1n) is 6.99. The lowest BCUT2D eigenvalue weighted by Crippen LogP contribution is -2.19. The SMILES string of the molecule is O=C(Nc1cccc(F)c1)c1ncsc1NC1CCCC1. The standard InChI is InChI=1S/C15H16FN3OS/c16-10-4-3-7-12(8-10)18-14(20)13-15(21-9-17-13)19-11-5-1-2-6-11/h3-4,7-9,11,19H,1-2,5-6H2,(H,18,20). The van der Waals surface area contributed by atoms with E-state index in [2.05, 4.69) is 15.6 Å². The van der Waals surface area contributed by atoms with Crippen LogP contribution in [-0.2, 0) is 0 Å². The van der Waals surface area contributed by atoms with E-state index in [1.165, 1.54) is 36.3 Å². The summed E-state index contributed by atoms with van der Waals surface area (Å²) < 4.78 is 13.1. The van der Waals surface area contributed by atoms with E-state index >= 15 is 0 Å². The molecule has 1 aromatic carbocycles. The van der Waals surface area contributed by atoms with Crippen molar-refractivity contribution in [3.8, 4) is 0 Å². The highest BCUT2D eigenvalue weighted by Gasteiger charge is 2.20. The van der Waals surface area contributed by atoms with Gasteiger partial charge in [-0.3, -0.25) is 4.79 Å². The minimum Gasteiger partial charge on any atom is -0.372 e. The molecule has 1 aliphatic rings. The van der Waals surface area contributed by atoms with Crippen LogP contribution in [0.3, 0.4) is 0 Å². The van der Waals surface area contributed by atoms with Crippen LogP contribution >= 0.6 is 11.3 Å². The molecule has 1 aromatic heterocycles. The van der Waals surface area contributed by atoms with Gasteiger partial charge in [-0.25, -0.2) is 9.37 Å². The number of aromatic nitrogens is 1. The number of carbonyl (C=O) groups is 1. The number of thiazole rings is 1. The van der Waals surface area contributed by atoms with Crippen molar-refractivity contribution in [3.05, 3.63) is 41.3 Å². The maximum absolute atomic E-state index is 13.1. The smallest absolute Gasteiger partial charge is 0.277 e. The minimum atomic E-state index is -0.379. The Labute approximate surface area is 126 Å². The molecule has 21 heavy (non-hydrogen) atoms. The molecule has 2 N–H and O–H groups in total. The zero-order valence-corrected chi connectivity index (χ0v) is 12.3. The Kier molecular flexibility index (Phi) is 4.15. The molecular formula is C15H16FN3OS. The van der Waals surface area contributed by atoms with Crippen molar-refractivity contribution in [2.45, 2.75) is 31.7 Å². The fourth-order valence-electron chi connectivity index (χ4n) is 2.52. The van der Waals surface area contributed by atoms with Gasteiger partial charge in [0.25, 0.3) is 5.91 Å². The molecule has 1 aliphatic carbocycles. The molecule has 0 bridgehead atoms. The maximum Gasteiger partial charge on any atom is 0.277 e. The number of halogens is 1. The summed E-state index contributed by atoms with van der Waals surface area (Å²) in [6, 6.07) is 6.26. The van der Waals surface area contributed by atoms with Gasteiger partial charge < -0.3 is 10.6 Å². The minimum absolute atomic E-state index is 0.317. The van der Waals surface area contributed by atoms with Gasteiger partial charge in [0.1, 0.15) is 10.8 Å². The molecular weight excluding hydrogens is 289 g/mol. The van der Waals surface area contributed by atoms with Gasteiger partial charge in [-0.2, -0.15) is 0 Å². The molecule has 0 radical (unpaired) electrons.